The van der Waals surface area contributed by atoms with Gasteiger partial charge >= 0.3 is 6.09 Å². The molecule has 2 aliphatic heterocycles. The third-order valence-electron chi connectivity index (χ3n) is 3.84. The minimum absolute atomic E-state index is 0.0772. The molecule has 3 rings (SSSR count). The molecule has 0 aromatic heterocycles. The molecule has 106 valence electrons. The van der Waals surface area contributed by atoms with Crippen molar-refractivity contribution >= 4 is 17.7 Å². The minimum atomic E-state index is -0.300. The molecule has 5 heteroatoms. The van der Waals surface area contributed by atoms with Gasteiger partial charge in [0.15, 0.2) is 0 Å². The third-order valence-corrected chi connectivity index (χ3v) is 3.84. The molecule has 1 saturated heterocycles. The van der Waals surface area contributed by atoms with Gasteiger partial charge in [-0.05, 0) is 24.5 Å². The van der Waals surface area contributed by atoms with Crippen molar-refractivity contribution in [1.82, 2.24) is 4.90 Å². The molecule has 5 nitrogen and oxygen atoms in total. The van der Waals surface area contributed by atoms with Crippen molar-refractivity contribution in [1.29, 1.82) is 0 Å². The van der Waals surface area contributed by atoms with Gasteiger partial charge in [0, 0.05) is 31.7 Å². The van der Waals surface area contributed by atoms with E-state index in [1.165, 1.54) is 5.56 Å². The molecule has 0 saturated carbocycles. The van der Waals surface area contributed by atoms with Gasteiger partial charge in [-0.3, -0.25) is 4.79 Å². The third kappa shape index (κ3) is 2.48. The Hall–Kier alpha value is -2.04. The quantitative estimate of drug-likeness (QED) is 0.844. The summed E-state index contributed by atoms with van der Waals surface area (Å²) in [4.78, 5) is 27.2. The van der Waals surface area contributed by atoms with Crippen molar-refractivity contribution < 1.29 is 14.3 Å². The van der Waals surface area contributed by atoms with E-state index in [-0.39, 0.29) is 12.0 Å². The summed E-state index contributed by atoms with van der Waals surface area (Å²) >= 11 is 0. The zero-order valence-corrected chi connectivity index (χ0v) is 11.4. The summed E-state index contributed by atoms with van der Waals surface area (Å²) in [7, 11) is 0. The maximum atomic E-state index is 12.3. The first kappa shape index (κ1) is 13.0. The summed E-state index contributed by atoms with van der Waals surface area (Å²) in [6.07, 6.45) is 1.80. The fourth-order valence-electron chi connectivity index (χ4n) is 2.76. The standard InChI is InChI=1S/C15H18N2O3/c18-14(7-9-16-8-3-11-20-15(16)19)17-10-6-12-4-1-2-5-13(12)17/h1-2,4-5H,3,6-11H2. The Morgan fingerprint density at radius 3 is 2.95 bits per heavy atom. The fourth-order valence-corrected chi connectivity index (χ4v) is 2.76. The molecular weight excluding hydrogens is 256 g/mol. The zero-order chi connectivity index (χ0) is 13.9. The lowest BCUT2D eigenvalue weighted by atomic mass is 10.2. The SMILES string of the molecule is O=C1OCCCN1CCC(=O)N1CCc2ccccc21. The first-order valence-corrected chi connectivity index (χ1v) is 7.06. The number of ether oxygens (including phenoxy) is 1. The number of cyclic esters (lactones) is 1. The number of fused-ring (bicyclic) bond motifs is 1. The summed E-state index contributed by atoms with van der Waals surface area (Å²) in [6, 6.07) is 7.99. The van der Waals surface area contributed by atoms with Crippen molar-refractivity contribution in [3.8, 4) is 0 Å². The second-order valence-electron chi connectivity index (χ2n) is 5.13. The van der Waals surface area contributed by atoms with Crippen LogP contribution in [0, 0.1) is 0 Å². The van der Waals surface area contributed by atoms with E-state index in [2.05, 4.69) is 6.07 Å². The molecule has 1 aromatic rings. The van der Waals surface area contributed by atoms with E-state index in [0.29, 0.717) is 26.1 Å². The summed E-state index contributed by atoms with van der Waals surface area (Å²) in [5, 5.41) is 0. The van der Waals surface area contributed by atoms with E-state index < -0.39 is 0 Å². The van der Waals surface area contributed by atoms with E-state index in [4.69, 9.17) is 4.74 Å². The van der Waals surface area contributed by atoms with Crippen LogP contribution in [-0.4, -0.2) is 43.1 Å². The van der Waals surface area contributed by atoms with Crippen LogP contribution < -0.4 is 4.90 Å². The molecule has 0 radical (unpaired) electrons. The predicted octanol–water partition coefficient (Wildman–Crippen LogP) is 1.81. The summed E-state index contributed by atoms with van der Waals surface area (Å²) in [5.41, 5.74) is 2.23. The molecule has 1 fully saturated rings. The topological polar surface area (TPSA) is 49.9 Å². The van der Waals surface area contributed by atoms with Gasteiger partial charge in [0.1, 0.15) is 0 Å². The highest BCUT2D eigenvalue weighted by atomic mass is 16.6. The normalized spacial score (nSPS) is 17.9. The van der Waals surface area contributed by atoms with Gasteiger partial charge < -0.3 is 14.5 Å². The van der Waals surface area contributed by atoms with Crippen LogP contribution in [0.2, 0.25) is 0 Å². The van der Waals surface area contributed by atoms with Gasteiger partial charge in [-0.1, -0.05) is 18.2 Å². The largest absolute Gasteiger partial charge is 0.449 e. The minimum Gasteiger partial charge on any atom is -0.449 e. The first-order valence-electron chi connectivity index (χ1n) is 7.06. The Bertz CT molecular complexity index is 530. The Kier molecular flexibility index (Phi) is 3.58. The second-order valence-corrected chi connectivity index (χ2v) is 5.13. The van der Waals surface area contributed by atoms with Crippen molar-refractivity contribution in [3.05, 3.63) is 29.8 Å². The fraction of sp³-hybridized carbons (Fsp3) is 0.467. The second kappa shape index (κ2) is 5.53. The molecule has 0 bridgehead atoms. The smallest absolute Gasteiger partial charge is 0.409 e. The van der Waals surface area contributed by atoms with Gasteiger partial charge in [-0.15, -0.1) is 0 Å². The average Bonchev–Trinajstić information content (AvgIpc) is 2.90. The lowest BCUT2D eigenvalue weighted by Crippen LogP contribution is -2.40. The molecule has 0 unspecified atom stereocenters. The number of hydrogen-bond donors (Lipinski definition) is 0. The highest BCUT2D eigenvalue weighted by Gasteiger charge is 2.26. The van der Waals surface area contributed by atoms with Gasteiger partial charge in [0.05, 0.1) is 6.61 Å². The van der Waals surface area contributed by atoms with Gasteiger partial charge in [-0.2, -0.15) is 0 Å². The maximum absolute atomic E-state index is 12.3. The number of para-hydroxylation sites is 1. The van der Waals surface area contributed by atoms with Crippen LogP contribution in [0.4, 0.5) is 10.5 Å². The molecule has 0 atom stereocenters. The number of amides is 2. The molecule has 0 aliphatic carbocycles. The summed E-state index contributed by atoms with van der Waals surface area (Å²) < 4.78 is 4.97. The van der Waals surface area contributed by atoms with E-state index in [1.54, 1.807) is 4.90 Å². The van der Waals surface area contributed by atoms with Crippen LogP contribution in [0.1, 0.15) is 18.4 Å². The Balaban J connectivity index is 1.59. The number of rotatable bonds is 3. The average molecular weight is 274 g/mol. The van der Waals surface area contributed by atoms with E-state index in [0.717, 1.165) is 25.1 Å². The number of benzene rings is 1. The lowest BCUT2D eigenvalue weighted by molar-refractivity contribution is -0.118. The number of carbonyl (C=O) groups is 2. The molecule has 1 aromatic carbocycles. The number of carbonyl (C=O) groups excluding carboxylic acids is 2. The van der Waals surface area contributed by atoms with E-state index in [1.807, 2.05) is 23.1 Å². The molecule has 20 heavy (non-hydrogen) atoms. The highest BCUT2D eigenvalue weighted by molar-refractivity contribution is 5.95. The Morgan fingerprint density at radius 2 is 2.10 bits per heavy atom. The molecule has 0 N–H and O–H groups in total. The molecule has 2 aliphatic rings. The maximum Gasteiger partial charge on any atom is 0.409 e. The van der Waals surface area contributed by atoms with Gasteiger partial charge in [0.2, 0.25) is 5.91 Å². The zero-order valence-electron chi connectivity index (χ0n) is 11.4. The van der Waals surface area contributed by atoms with Crippen molar-refractivity contribution in [2.45, 2.75) is 19.3 Å². The molecule has 2 amide bonds. The Morgan fingerprint density at radius 1 is 1.25 bits per heavy atom. The van der Waals surface area contributed by atoms with Crippen molar-refractivity contribution in [2.24, 2.45) is 0 Å². The van der Waals surface area contributed by atoms with Crippen LogP contribution in [0.5, 0.6) is 0 Å². The summed E-state index contributed by atoms with van der Waals surface area (Å²) in [5.74, 6) is 0.0772. The van der Waals surface area contributed by atoms with Crippen LogP contribution >= 0.6 is 0 Å². The van der Waals surface area contributed by atoms with Crippen LogP contribution in [-0.2, 0) is 16.0 Å². The molecule has 2 heterocycles. The van der Waals surface area contributed by atoms with Crippen molar-refractivity contribution in [2.75, 3.05) is 31.1 Å². The van der Waals surface area contributed by atoms with Gasteiger partial charge in [0.25, 0.3) is 0 Å². The van der Waals surface area contributed by atoms with Crippen LogP contribution in [0.3, 0.4) is 0 Å². The number of anilines is 1. The Labute approximate surface area is 118 Å². The summed E-state index contributed by atoms with van der Waals surface area (Å²) in [6.45, 7) is 2.35. The number of nitrogens with zero attached hydrogens (tertiary/aromatic N) is 2. The van der Waals surface area contributed by atoms with E-state index in [9.17, 15) is 9.59 Å². The lowest BCUT2D eigenvalue weighted by Gasteiger charge is -2.27. The molecular formula is C15H18N2O3. The first-order chi connectivity index (χ1) is 9.75. The monoisotopic (exact) mass is 274 g/mol. The number of hydrogen-bond acceptors (Lipinski definition) is 3. The van der Waals surface area contributed by atoms with Crippen LogP contribution in [0.25, 0.3) is 0 Å². The van der Waals surface area contributed by atoms with E-state index >= 15 is 0 Å². The van der Waals surface area contributed by atoms with Gasteiger partial charge in [-0.25, -0.2) is 4.79 Å². The van der Waals surface area contributed by atoms with Crippen molar-refractivity contribution in [3.63, 3.8) is 0 Å². The highest BCUT2D eigenvalue weighted by Crippen LogP contribution is 2.27. The predicted molar refractivity (Wildman–Crippen MR) is 74.7 cm³/mol. The molecule has 0 spiro atoms. The van der Waals surface area contributed by atoms with Crippen LogP contribution in [0.15, 0.2) is 24.3 Å².